The number of hydrogen-bond donors (Lipinski definition) is 0. The molecule has 0 aliphatic rings. The van der Waals surface area contributed by atoms with Crippen LogP contribution in [0.25, 0.3) is 22.6 Å². The Morgan fingerprint density at radius 2 is 1.43 bits per heavy atom. The van der Waals surface area contributed by atoms with Crippen molar-refractivity contribution in [3.8, 4) is 22.6 Å². The van der Waals surface area contributed by atoms with Crippen molar-refractivity contribution >= 4 is 0 Å². The van der Waals surface area contributed by atoms with Crippen LogP contribution in [0.1, 0.15) is 22.8 Å². The standard InChI is InChI=1S/C22H22N4O2/c1-15-20(25-28-24-15)13-26(3)14-21-16(2)27-22(23-21)19-11-9-18(10-12-19)17-7-5-4-6-8-17/h4-12H,13-14H2,1-3H3. The van der Waals surface area contributed by atoms with Crippen LogP contribution in [0.4, 0.5) is 0 Å². The molecule has 0 amide bonds. The number of benzene rings is 2. The summed E-state index contributed by atoms with van der Waals surface area (Å²) in [6.45, 7) is 5.13. The van der Waals surface area contributed by atoms with Crippen molar-refractivity contribution in [1.29, 1.82) is 0 Å². The lowest BCUT2D eigenvalue weighted by Crippen LogP contribution is -2.18. The first-order valence-electron chi connectivity index (χ1n) is 9.19. The van der Waals surface area contributed by atoms with E-state index in [1.165, 1.54) is 11.1 Å². The number of aromatic nitrogens is 3. The average Bonchev–Trinajstić information content (AvgIpc) is 3.28. The fourth-order valence-electron chi connectivity index (χ4n) is 3.09. The zero-order valence-corrected chi connectivity index (χ0v) is 16.2. The number of hydrogen-bond acceptors (Lipinski definition) is 6. The number of rotatable bonds is 6. The van der Waals surface area contributed by atoms with Crippen molar-refractivity contribution in [2.24, 2.45) is 0 Å². The van der Waals surface area contributed by atoms with E-state index in [9.17, 15) is 0 Å². The largest absolute Gasteiger partial charge is 0.441 e. The molecule has 0 saturated heterocycles. The number of oxazole rings is 1. The molecule has 6 nitrogen and oxygen atoms in total. The van der Waals surface area contributed by atoms with Gasteiger partial charge in [-0.1, -0.05) is 52.8 Å². The zero-order valence-electron chi connectivity index (χ0n) is 16.2. The Labute approximate surface area is 163 Å². The third-order valence-electron chi connectivity index (χ3n) is 4.72. The molecule has 0 atom stereocenters. The molecule has 0 fully saturated rings. The number of aryl methyl sites for hydroxylation is 2. The van der Waals surface area contributed by atoms with Crippen LogP contribution >= 0.6 is 0 Å². The average molecular weight is 374 g/mol. The summed E-state index contributed by atoms with van der Waals surface area (Å²) in [5, 5.41) is 7.75. The minimum absolute atomic E-state index is 0.639. The molecule has 142 valence electrons. The van der Waals surface area contributed by atoms with Crippen LogP contribution < -0.4 is 0 Å². The summed E-state index contributed by atoms with van der Waals surface area (Å²) in [6.07, 6.45) is 0. The first kappa shape index (κ1) is 18.1. The Kier molecular flexibility index (Phi) is 5.04. The summed E-state index contributed by atoms with van der Waals surface area (Å²) in [6, 6.07) is 18.6. The molecule has 0 aliphatic carbocycles. The second-order valence-corrected chi connectivity index (χ2v) is 6.93. The van der Waals surface area contributed by atoms with E-state index in [0.29, 0.717) is 19.0 Å². The molecule has 0 bridgehead atoms. The normalized spacial score (nSPS) is 11.3. The first-order valence-corrected chi connectivity index (χ1v) is 9.19. The minimum Gasteiger partial charge on any atom is -0.441 e. The van der Waals surface area contributed by atoms with Crippen LogP contribution in [0.3, 0.4) is 0 Å². The van der Waals surface area contributed by atoms with Gasteiger partial charge in [-0.2, -0.15) is 0 Å². The maximum absolute atomic E-state index is 5.92. The van der Waals surface area contributed by atoms with Crippen molar-refractivity contribution in [2.75, 3.05) is 7.05 Å². The lowest BCUT2D eigenvalue weighted by Gasteiger charge is -2.13. The third kappa shape index (κ3) is 3.87. The Morgan fingerprint density at radius 3 is 2.11 bits per heavy atom. The van der Waals surface area contributed by atoms with Gasteiger partial charge >= 0.3 is 0 Å². The fraction of sp³-hybridized carbons (Fsp3) is 0.227. The molecule has 0 spiro atoms. The monoisotopic (exact) mass is 374 g/mol. The molecule has 4 aromatic rings. The molecule has 4 rings (SSSR count). The highest BCUT2D eigenvalue weighted by molar-refractivity contribution is 5.67. The van der Waals surface area contributed by atoms with Gasteiger partial charge in [0.1, 0.15) is 17.1 Å². The summed E-state index contributed by atoms with van der Waals surface area (Å²) in [5.74, 6) is 1.46. The smallest absolute Gasteiger partial charge is 0.226 e. The molecule has 2 aromatic heterocycles. The summed E-state index contributed by atoms with van der Waals surface area (Å²) >= 11 is 0. The third-order valence-corrected chi connectivity index (χ3v) is 4.72. The summed E-state index contributed by atoms with van der Waals surface area (Å²) in [5.41, 5.74) is 5.89. The molecule has 0 aliphatic heterocycles. The van der Waals surface area contributed by atoms with Crippen LogP contribution in [-0.2, 0) is 13.1 Å². The molecule has 2 aromatic carbocycles. The van der Waals surface area contributed by atoms with E-state index in [0.717, 1.165) is 28.4 Å². The Balaban J connectivity index is 1.49. The predicted octanol–water partition coefficient (Wildman–Crippen LogP) is 4.64. The van der Waals surface area contributed by atoms with E-state index in [1.807, 2.05) is 51.2 Å². The van der Waals surface area contributed by atoms with Crippen LogP contribution in [0, 0.1) is 13.8 Å². The van der Waals surface area contributed by atoms with Crippen LogP contribution in [0.2, 0.25) is 0 Å². The van der Waals surface area contributed by atoms with Crippen molar-refractivity contribution in [1.82, 2.24) is 20.2 Å². The van der Waals surface area contributed by atoms with Crippen molar-refractivity contribution in [3.63, 3.8) is 0 Å². The van der Waals surface area contributed by atoms with Crippen molar-refractivity contribution in [3.05, 3.63) is 77.4 Å². The highest BCUT2D eigenvalue weighted by atomic mass is 16.6. The molecule has 28 heavy (non-hydrogen) atoms. The molecular weight excluding hydrogens is 352 g/mol. The Bertz CT molecular complexity index is 1050. The lowest BCUT2D eigenvalue weighted by atomic mass is 10.0. The predicted molar refractivity (Wildman–Crippen MR) is 106 cm³/mol. The van der Waals surface area contributed by atoms with E-state index in [1.54, 1.807) is 0 Å². The summed E-state index contributed by atoms with van der Waals surface area (Å²) in [4.78, 5) is 6.82. The molecular formula is C22H22N4O2. The fourth-order valence-corrected chi connectivity index (χ4v) is 3.09. The summed E-state index contributed by atoms with van der Waals surface area (Å²) < 4.78 is 10.7. The van der Waals surface area contributed by atoms with E-state index >= 15 is 0 Å². The van der Waals surface area contributed by atoms with Gasteiger partial charge in [0, 0.05) is 18.7 Å². The van der Waals surface area contributed by atoms with Crippen molar-refractivity contribution < 1.29 is 9.05 Å². The van der Waals surface area contributed by atoms with Crippen LogP contribution in [0.15, 0.2) is 63.6 Å². The van der Waals surface area contributed by atoms with Gasteiger partial charge in [0.15, 0.2) is 0 Å². The topological polar surface area (TPSA) is 68.2 Å². The van der Waals surface area contributed by atoms with Gasteiger partial charge < -0.3 is 4.42 Å². The second-order valence-electron chi connectivity index (χ2n) is 6.93. The maximum Gasteiger partial charge on any atom is 0.226 e. The van der Waals surface area contributed by atoms with Gasteiger partial charge in [-0.25, -0.2) is 9.61 Å². The lowest BCUT2D eigenvalue weighted by molar-refractivity contribution is 0.277. The molecule has 0 N–H and O–H groups in total. The van der Waals surface area contributed by atoms with Gasteiger partial charge in [0.05, 0.1) is 5.69 Å². The quantitative estimate of drug-likeness (QED) is 0.490. The van der Waals surface area contributed by atoms with Gasteiger partial charge in [-0.15, -0.1) is 0 Å². The maximum atomic E-state index is 5.92. The Hall–Kier alpha value is -3.25. The second kappa shape index (κ2) is 7.78. The van der Waals surface area contributed by atoms with Gasteiger partial charge in [-0.05, 0) is 44.2 Å². The molecule has 2 heterocycles. The highest BCUT2D eigenvalue weighted by Crippen LogP contribution is 2.26. The molecule has 0 saturated carbocycles. The van der Waals surface area contributed by atoms with Crippen LogP contribution in [-0.4, -0.2) is 27.2 Å². The van der Waals surface area contributed by atoms with E-state index in [4.69, 9.17) is 14.0 Å². The number of nitrogens with zero attached hydrogens (tertiary/aromatic N) is 4. The van der Waals surface area contributed by atoms with Crippen LogP contribution in [0.5, 0.6) is 0 Å². The molecule has 0 radical (unpaired) electrons. The van der Waals surface area contributed by atoms with E-state index in [2.05, 4.69) is 39.5 Å². The molecule has 6 heteroatoms. The summed E-state index contributed by atoms with van der Waals surface area (Å²) in [7, 11) is 2.01. The highest BCUT2D eigenvalue weighted by Gasteiger charge is 2.15. The van der Waals surface area contributed by atoms with Gasteiger partial charge in [0.25, 0.3) is 0 Å². The Morgan fingerprint density at radius 1 is 0.786 bits per heavy atom. The minimum atomic E-state index is 0.639. The zero-order chi connectivity index (χ0) is 19.5. The van der Waals surface area contributed by atoms with E-state index < -0.39 is 0 Å². The SMILES string of the molecule is Cc1nonc1CN(C)Cc1nc(-c2ccc(-c3ccccc3)cc2)oc1C. The van der Waals surface area contributed by atoms with Crippen molar-refractivity contribution in [2.45, 2.75) is 26.9 Å². The van der Waals surface area contributed by atoms with Gasteiger partial charge in [-0.3, -0.25) is 4.90 Å². The molecule has 0 unspecified atom stereocenters. The first-order chi connectivity index (χ1) is 13.6. The van der Waals surface area contributed by atoms with Gasteiger partial charge in [0.2, 0.25) is 5.89 Å². The van der Waals surface area contributed by atoms with E-state index in [-0.39, 0.29) is 0 Å².